The summed E-state index contributed by atoms with van der Waals surface area (Å²) in [4.78, 5) is 25.4. The summed E-state index contributed by atoms with van der Waals surface area (Å²) in [6.45, 7) is 7.92. The number of carboxylic acids is 1. The van der Waals surface area contributed by atoms with Crippen molar-refractivity contribution >= 4 is 11.9 Å². The van der Waals surface area contributed by atoms with Crippen LogP contribution in [0.5, 0.6) is 0 Å². The second-order valence-electron chi connectivity index (χ2n) is 6.82. The zero-order valence-corrected chi connectivity index (χ0v) is 13.2. The molecule has 3 aliphatic rings. The molecule has 23 heavy (non-hydrogen) atoms. The average molecular weight is 336 g/mol. The molecule has 2 saturated heterocycles. The van der Waals surface area contributed by atoms with Gasteiger partial charge in [-0.25, -0.2) is 4.79 Å². The largest absolute Gasteiger partial charge is 0.490 e. The van der Waals surface area contributed by atoms with Gasteiger partial charge in [0.25, 0.3) is 0 Å². The fourth-order valence-electron chi connectivity index (χ4n) is 3.19. The second kappa shape index (κ2) is 6.67. The molecule has 1 saturated carbocycles. The van der Waals surface area contributed by atoms with Crippen LogP contribution in [-0.2, 0) is 9.59 Å². The van der Waals surface area contributed by atoms with Crippen molar-refractivity contribution in [2.45, 2.75) is 38.8 Å². The maximum atomic E-state index is 11.9. The van der Waals surface area contributed by atoms with Crippen molar-refractivity contribution in [2.75, 3.05) is 32.7 Å². The number of carbonyl (C=O) groups excluding carboxylic acids is 1. The molecule has 3 rings (SSSR count). The lowest BCUT2D eigenvalue weighted by Gasteiger charge is -2.48. The Bertz CT molecular complexity index is 457. The summed E-state index contributed by atoms with van der Waals surface area (Å²) in [5.74, 6) is -1.60. The molecule has 0 aromatic carbocycles. The van der Waals surface area contributed by atoms with Crippen LogP contribution in [0.15, 0.2) is 0 Å². The molecule has 132 valence electrons. The molecule has 2 heterocycles. The Morgan fingerprint density at radius 3 is 2.17 bits per heavy atom. The smallest absolute Gasteiger partial charge is 0.475 e. The summed E-state index contributed by atoms with van der Waals surface area (Å²) in [6, 6.07) is 0. The quantitative estimate of drug-likeness (QED) is 0.856. The van der Waals surface area contributed by atoms with Crippen molar-refractivity contribution in [3.8, 4) is 0 Å². The van der Waals surface area contributed by atoms with Gasteiger partial charge in [-0.15, -0.1) is 0 Å². The number of hydrogen-bond acceptors (Lipinski definition) is 3. The SMILES string of the molecule is CCN1CCC2(C1)CN(C(=O)CC1CC1)C2.O=C(O)C(F)(F)F. The third kappa shape index (κ3) is 4.83. The number of carbonyl (C=O) groups is 2. The number of hydrogen-bond donors (Lipinski definition) is 1. The van der Waals surface area contributed by atoms with E-state index < -0.39 is 12.1 Å². The highest BCUT2D eigenvalue weighted by molar-refractivity contribution is 5.77. The minimum Gasteiger partial charge on any atom is -0.475 e. The van der Waals surface area contributed by atoms with Gasteiger partial charge in [0.1, 0.15) is 0 Å². The summed E-state index contributed by atoms with van der Waals surface area (Å²) >= 11 is 0. The standard InChI is InChI=1S/C13H22N2O.C2HF3O2/c1-2-14-6-5-13(8-14)9-15(10-13)12(16)7-11-3-4-11;3-2(4,5)1(6)7/h11H,2-10H2,1H3;(H,6,7). The molecule has 1 N–H and O–H groups in total. The summed E-state index contributed by atoms with van der Waals surface area (Å²) in [5, 5.41) is 7.12. The van der Waals surface area contributed by atoms with E-state index in [1.807, 2.05) is 0 Å². The number of rotatable bonds is 3. The number of amides is 1. The van der Waals surface area contributed by atoms with Crippen LogP contribution < -0.4 is 0 Å². The van der Waals surface area contributed by atoms with Gasteiger partial charge in [0.05, 0.1) is 0 Å². The molecule has 0 bridgehead atoms. The van der Waals surface area contributed by atoms with Crippen LogP contribution in [0.1, 0.15) is 32.6 Å². The molecule has 0 aromatic rings. The normalized spacial score (nSPS) is 23.2. The number of likely N-dealkylation sites (tertiary alicyclic amines) is 2. The minimum absolute atomic E-state index is 0.420. The Morgan fingerprint density at radius 1 is 1.22 bits per heavy atom. The molecule has 3 fully saturated rings. The fraction of sp³-hybridized carbons (Fsp3) is 0.867. The second-order valence-corrected chi connectivity index (χ2v) is 6.82. The highest BCUT2D eigenvalue weighted by atomic mass is 19.4. The number of carboxylic acid groups (broad SMARTS) is 1. The molecule has 0 atom stereocenters. The first-order chi connectivity index (χ1) is 10.6. The van der Waals surface area contributed by atoms with E-state index in [-0.39, 0.29) is 0 Å². The van der Waals surface area contributed by atoms with Crippen LogP contribution in [0, 0.1) is 11.3 Å². The maximum Gasteiger partial charge on any atom is 0.490 e. The fourth-order valence-corrected chi connectivity index (χ4v) is 3.19. The van der Waals surface area contributed by atoms with Crippen molar-refractivity contribution in [1.29, 1.82) is 0 Å². The molecule has 1 amide bonds. The van der Waals surface area contributed by atoms with Crippen LogP contribution in [0.2, 0.25) is 0 Å². The van der Waals surface area contributed by atoms with Crippen LogP contribution in [0.25, 0.3) is 0 Å². The summed E-state index contributed by atoms with van der Waals surface area (Å²) < 4.78 is 31.7. The number of alkyl halides is 3. The molecule has 0 unspecified atom stereocenters. The Kier molecular flexibility index (Phi) is 5.23. The Hall–Kier alpha value is -1.31. The zero-order valence-electron chi connectivity index (χ0n) is 13.2. The number of halogens is 3. The maximum absolute atomic E-state index is 11.9. The third-order valence-corrected chi connectivity index (χ3v) is 4.77. The molecule has 0 aromatic heterocycles. The van der Waals surface area contributed by atoms with Crippen molar-refractivity contribution < 1.29 is 27.9 Å². The van der Waals surface area contributed by atoms with E-state index in [0.29, 0.717) is 11.3 Å². The molecule has 2 aliphatic heterocycles. The molecule has 1 spiro atoms. The van der Waals surface area contributed by atoms with E-state index in [0.717, 1.165) is 32.0 Å². The lowest BCUT2D eigenvalue weighted by Crippen LogP contribution is -2.59. The van der Waals surface area contributed by atoms with Gasteiger partial charge in [-0.2, -0.15) is 13.2 Å². The summed E-state index contributed by atoms with van der Waals surface area (Å²) in [5.41, 5.74) is 0.481. The Labute approximate surface area is 133 Å². The van der Waals surface area contributed by atoms with Gasteiger partial charge in [0.2, 0.25) is 5.91 Å². The predicted molar refractivity (Wildman–Crippen MR) is 76.8 cm³/mol. The lowest BCUT2D eigenvalue weighted by atomic mass is 9.79. The van der Waals surface area contributed by atoms with Crippen molar-refractivity contribution in [3.05, 3.63) is 0 Å². The number of aliphatic carboxylic acids is 1. The van der Waals surface area contributed by atoms with E-state index in [9.17, 15) is 18.0 Å². The van der Waals surface area contributed by atoms with Crippen LogP contribution in [0.4, 0.5) is 13.2 Å². The molecule has 5 nitrogen and oxygen atoms in total. The molecule has 0 radical (unpaired) electrons. The molecular weight excluding hydrogens is 313 g/mol. The Morgan fingerprint density at radius 2 is 1.78 bits per heavy atom. The van der Waals surface area contributed by atoms with Gasteiger partial charge < -0.3 is 14.9 Å². The van der Waals surface area contributed by atoms with Crippen molar-refractivity contribution in [3.63, 3.8) is 0 Å². The first-order valence-electron chi connectivity index (χ1n) is 7.95. The monoisotopic (exact) mass is 336 g/mol. The van der Waals surface area contributed by atoms with E-state index in [1.165, 1.54) is 32.4 Å². The van der Waals surface area contributed by atoms with E-state index in [1.54, 1.807) is 0 Å². The van der Waals surface area contributed by atoms with E-state index in [4.69, 9.17) is 9.90 Å². The third-order valence-electron chi connectivity index (χ3n) is 4.77. The van der Waals surface area contributed by atoms with Gasteiger partial charge in [-0.3, -0.25) is 4.79 Å². The first-order valence-corrected chi connectivity index (χ1v) is 7.95. The van der Waals surface area contributed by atoms with Gasteiger partial charge in [-0.05, 0) is 38.3 Å². The average Bonchev–Trinajstić information content (AvgIpc) is 3.12. The molecule has 8 heteroatoms. The minimum atomic E-state index is -5.08. The first kappa shape index (κ1) is 18.0. The summed E-state index contributed by atoms with van der Waals surface area (Å²) in [7, 11) is 0. The van der Waals surface area contributed by atoms with Crippen molar-refractivity contribution in [2.24, 2.45) is 11.3 Å². The van der Waals surface area contributed by atoms with Gasteiger partial charge in [0.15, 0.2) is 0 Å². The summed E-state index contributed by atoms with van der Waals surface area (Å²) in [6.07, 6.45) is -0.385. The molecular formula is C15H23F3N2O3. The number of nitrogens with zero attached hydrogens (tertiary/aromatic N) is 2. The predicted octanol–water partition coefficient (Wildman–Crippen LogP) is 1.97. The van der Waals surface area contributed by atoms with Crippen LogP contribution >= 0.6 is 0 Å². The van der Waals surface area contributed by atoms with Gasteiger partial charge >= 0.3 is 12.1 Å². The topological polar surface area (TPSA) is 60.9 Å². The Balaban J connectivity index is 0.000000236. The zero-order chi connectivity index (χ0) is 17.3. The highest BCUT2D eigenvalue weighted by Gasteiger charge is 2.49. The van der Waals surface area contributed by atoms with Crippen molar-refractivity contribution in [1.82, 2.24) is 9.80 Å². The van der Waals surface area contributed by atoms with Gasteiger partial charge in [0, 0.05) is 31.5 Å². The van der Waals surface area contributed by atoms with Crippen LogP contribution in [-0.4, -0.2) is 65.7 Å². The lowest BCUT2D eigenvalue weighted by molar-refractivity contribution is -0.192. The van der Waals surface area contributed by atoms with E-state index >= 15 is 0 Å². The molecule has 1 aliphatic carbocycles. The highest BCUT2D eigenvalue weighted by Crippen LogP contribution is 2.41. The van der Waals surface area contributed by atoms with Gasteiger partial charge in [-0.1, -0.05) is 6.92 Å². The van der Waals surface area contributed by atoms with E-state index in [2.05, 4.69) is 16.7 Å². The van der Waals surface area contributed by atoms with Crippen LogP contribution in [0.3, 0.4) is 0 Å².